The molecule has 1 atom stereocenters. The van der Waals surface area contributed by atoms with E-state index in [2.05, 4.69) is 10.2 Å². The molecule has 132 valence electrons. The lowest BCUT2D eigenvalue weighted by Crippen LogP contribution is -2.47. The van der Waals surface area contributed by atoms with Crippen LogP contribution in [-0.4, -0.2) is 49.4 Å². The molecule has 0 aromatic heterocycles. The van der Waals surface area contributed by atoms with Gasteiger partial charge in [0.1, 0.15) is 0 Å². The quantitative estimate of drug-likeness (QED) is 0.921. The molecule has 0 aliphatic carbocycles. The van der Waals surface area contributed by atoms with Crippen LogP contribution in [0.4, 0.5) is 5.69 Å². The summed E-state index contributed by atoms with van der Waals surface area (Å²) >= 11 is 0. The highest BCUT2D eigenvalue weighted by Gasteiger charge is 2.33. The zero-order valence-electron chi connectivity index (χ0n) is 14.9. The summed E-state index contributed by atoms with van der Waals surface area (Å²) in [6.45, 7) is 9.29. The highest BCUT2D eigenvalue weighted by atomic mass is 16.7. The van der Waals surface area contributed by atoms with Crippen molar-refractivity contribution in [2.24, 2.45) is 5.92 Å². The van der Waals surface area contributed by atoms with Gasteiger partial charge in [-0.25, -0.2) is 0 Å². The normalized spacial score (nSPS) is 21.8. The van der Waals surface area contributed by atoms with Crippen LogP contribution in [0.25, 0.3) is 0 Å². The van der Waals surface area contributed by atoms with E-state index in [9.17, 15) is 4.79 Å². The van der Waals surface area contributed by atoms with Crippen LogP contribution >= 0.6 is 0 Å². The van der Waals surface area contributed by atoms with Gasteiger partial charge in [0, 0.05) is 11.6 Å². The molecule has 2 aliphatic rings. The Morgan fingerprint density at radius 1 is 1.17 bits per heavy atom. The molecule has 5 nitrogen and oxygen atoms in total. The van der Waals surface area contributed by atoms with Gasteiger partial charge < -0.3 is 14.8 Å². The number of anilines is 1. The van der Waals surface area contributed by atoms with Crippen molar-refractivity contribution in [2.75, 3.05) is 31.6 Å². The first-order valence-corrected chi connectivity index (χ1v) is 8.90. The lowest BCUT2D eigenvalue weighted by atomic mass is 9.95. The van der Waals surface area contributed by atoms with Crippen molar-refractivity contribution in [1.29, 1.82) is 0 Å². The minimum Gasteiger partial charge on any atom is -0.350 e. The number of aryl methyl sites for hydroxylation is 2. The third-order valence-corrected chi connectivity index (χ3v) is 5.26. The van der Waals surface area contributed by atoms with Gasteiger partial charge in [-0.2, -0.15) is 0 Å². The summed E-state index contributed by atoms with van der Waals surface area (Å²) in [7, 11) is 0. The maximum absolute atomic E-state index is 12.7. The molecule has 2 heterocycles. The van der Waals surface area contributed by atoms with Crippen molar-refractivity contribution >= 4 is 11.6 Å². The van der Waals surface area contributed by atoms with Crippen molar-refractivity contribution < 1.29 is 14.3 Å². The SMILES string of the molecule is Cc1cccc(C)c1NC(=O)C(C)N1CCC(C2OCCO2)CC1. The summed E-state index contributed by atoms with van der Waals surface area (Å²) in [5.74, 6) is 0.525. The van der Waals surface area contributed by atoms with Crippen LogP contribution in [0.2, 0.25) is 0 Å². The molecule has 1 N–H and O–H groups in total. The highest BCUT2D eigenvalue weighted by Crippen LogP contribution is 2.27. The topological polar surface area (TPSA) is 50.8 Å². The number of hydrogen-bond donors (Lipinski definition) is 1. The number of nitrogens with one attached hydrogen (secondary N) is 1. The van der Waals surface area contributed by atoms with Crippen molar-refractivity contribution in [3.63, 3.8) is 0 Å². The number of carbonyl (C=O) groups excluding carboxylic acids is 1. The van der Waals surface area contributed by atoms with Crippen LogP contribution < -0.4 is 5.32 Å². The number of rotatable bonds is 4. The predicted molar refractivity (Wildman–Crippen MR) is 94.0 cm³/mol. The monoisotopic (exact) mass is 332 g/mol. The Morgan fingerprint density at radius 3 is 2.33 bits per heavy atom. The van der Waals surface area contributed by atoms with E-state index in [1.165, 1.54) is 0 Å². The Labute approximate surface area is 144 Å². The van der Waals surface area contributed by atoms with E-state index < -0.39 is 0 Å². The molecule has 0 spiro atoms. The second kappa shape index (κ2) is 7.64. The highest BCUT2D eigenvalue weighted by molar-refractivity contribution is 5.95. The first-order chi connectivity index (χ1) is 11.6. The molecule has 24 heavy (non-hydrogen) atoms. The van der Waals surface area contributed by atoms with Gasteiger partial charge in [-0.1, -0.05) is 18.2 Å². The number of amides is 1. The smallest absolute Gasteiger partial charge is 0.241 e. The Hall–Kier alpha value is -1.43. The third kappa shape index (κ3) is 3.79. The van der Waals surface area contributed by atoms with Crippen LogP contribution in [0.15, 0.2) is 18.2 Å². The molecule has 1 unspecified atom stereocenters. The number of benzene rings is 1. The van der Waals surface area contributed by atoms with Crippen LogP contribution in [0.5, 0.6) is 0 Å². The molecule has 2 fully saturated rings. The number of carbonyl (C=O) groups is 1. The second-order valence-electron chi connectivity index (χ2n) is 6.92. The van der Waals surface area contributed by atoms with E-state index in [1.54, 1.807) is 0 Å². The summed E-state index contributed by atoms with van der Waals surface area (Å²) in [6, 6.07) is 5.94. The molecule has 5 heteroatoms. The summed E-state index contributed by atoms with van der Waals surface area (Å²) in [5.41, 5.74) is 3.14. The molecule has 3 rings (SSSR count). The summed E-state index contributed by atoms with van der Waals surface area (Å²) in [4.78, 5) is 14.9. The number of likely N-dealkylation sites (tertiary alicyclic amines) is 1. The van der Waals surface area contributed by atoms with Crippen molar-refractivity contribution in [2.45, 2.75) is 45.9 Å². The molecule has 2 aliphatic heterocycles. The molecule has 0 saturated carbocycles. The van der Waals surface area contributed by atoms with Gasteiger partial charge in [-0.3, -0.25) is 9.69 Å². The molecule has 1 aromatic carbocycles. The maximum Gasteiger partial charge on any atom is 0.241 e. The fourth-order valence-corrected chi connectivity index (χ4v) is 3.63. The average molecular weight is 332 g/mol. The lowest BCUT2D eigenvalue weighted by Gasteiger charge is -2.36. The molecule has 1 amide bonds. The minimum atomic E-state index is -0.129. The first-order valence-electron chi connectivity index (χ1n) is 8.90. The Morgan fingerprint density at radius 2 is 1.75 bits per heavy atom. The molecule has 0 bridgehead atoms. The Bertz CT molecular complexity index is 556. The Balaban J connectivity index is 1.54. The van der Waals surface area contributed by atoms with Crippen molar-refractivity contribution in [3.05, 3.63) is 29.3 Å². The fraction of sp³-hybridized carbons (Fsp3) is 0.632. The first kappa shape index (κ1) is 17.4. The van der Waals surface area contributed by atoms with Gasteiger partial charge in [0.05, 0.1) is 19.3 Å². The second-order valence-corrected chi connectivity index (χ2v) is 6.92. The van der Waals surface area contributed by atoms with Crippen molar-refractivity contribution in [1.82, 2.24) is 4.90 Å². The van der Waals surface area contributed by atoms with Crippen LogP contribution in [0.1, 0.15) is 30.9 Å². The average Bonchev–Trinajstić information content (AvgIpc) is 3.12. The predicted octanol–water partition coefficient (Wildman–Crippen LogP) is 2.72. The molecule has 0 radical (unpaired) electrons. The van der Waals surface area contributed by atoms with Gasteiger partial charge >= 0.3 is 0 Å². The molecular formula is C19H28N2O3. The van der Waals surface area contributed by atoms with Gasteiger partial charge in [0.25, 0.3) is 0 Å². The molecule has 1 aromatic rings. The lowest BCUT2D eigenvalue weighted by molar-refractivity contribution is -0.123. The zero-order chi connectivity index (χ0) is 17.1. The molecule has 2 saturated heterocycles. The summed E-state index contributed by atoms with van der Waals surface area (Å²) in [5, 5.41) is 3.11. The van der Waals surface area contributed by atoms with Crippen LogP contribution in [-0.2, 0) is 14.3 Å². The van der Waals surface area contributed by atoms with E-state index in [0.717, 1.165) is 42.7 Å². The largest absolute Gasteiger partial charge is 0.350 e. The van der Waals surface area contributed by atoms with E-state index in [4.69, 9.17) is 9.47 Å². The van der Waals surface area contributed by atoms with E-state index in [0.29, 0.717) is 19.1 Å². The number of hydrogen-bond acceptors (Lipinski definition) is 4. The standard InChI is InChI=1S/C19H28N2O3/c1-13-5-4-6-14(2)17(13)20-18(22)15(3)21-9-7-16(8-10-21)19-23-11-12-24-19/h4-6,15-16,19H,7-12H2,1-3H3,(H,20,22). The zero-order valence-corrected chi connectivity index (χ0v) is 14.9. The Kier molecular flexibility index (Phi) is 5.54. The number of para-hydroxylation sites is 1. The van der Waals surface area contributed by atoms with Crippen LogP contribution in [0.3, 0.4) is 0 Å². The van der Waals surface area contributed by atoms with Gasteiger partial charge in [-0.15, -0.1) is 0 Å². The van der Waals surface area contributed by atoms with Crippen molar-refractivity contribution in [3.8, 4) is 0 Å². The number of piperidine rings is 1. The van der Waals surface area contributed by atoms with Gasteiger partial charge in [0.15, 0.2) is 6.29 Å². The van der Waals surface area contributed by atoms with Gasteiger partial charge in [0.2, 0.25) is 5.91 Å². The van der Waals surface area contributed by atoms with Crippen LogP contribution in [0, 0.1) is 19.8 Å². The molecular weight excluding hydrogens is 304 g/mol. The van der Waals surface area contributed by atoms with E-state index in [-0.39, 0.29) is 18.2 Å². The minimum absolute atomic E-state index is 0.0362. The maximum atomic E-state index is 12.7. The number of nitrogens with zero attached hydrogens (tertiary/aromatic N) is 1. The van der Waals surface area contributed by atoms with E-state index in [1.807, 2.05) is 39.0 Å². The summed E-state index contributed by atoms with van der Waals surface area (Å²) < 4.78 is 11.2. The fourth-order valence-electron chi connectivity index (χ4n) is 3.63. The number of ether oxygens (including phenoxy) is 2. The van der Waals surface area contributed by atoms with E-state index >= 15 is 0 Å². The summed E-state index contributed by atoms with van der Waals surface area (Å²) in [6.07, 6.45) is 2.00. The third-order valence-electron chi connectivity index (χ3n) is 5.26. The van der Waals surface area contributed by atoms with Gasteiger partial charge in [-0.05, 0) is 57.8 Å².